The van der Waals surface area contributed by atoms with Crippen molar-refractivity contribution in [1.82, 2.24) is 19.6 Å². The van der Waals surface area contributed by atoms with E-state index in [1.165, 1.54) is 116 Å². The molecule has 0 aromatic rings. The Kier molecular flexibility index (Phi) is 23.9. The average molecular weight is 647 g/mol. The second kappa shape index (κ2) is 26.8. The number of carbonyl (C=O) groups is 2. The lowest BCUT2D eigenvalue weighted by Gasteiger charge is -2.34. The Morgan fingerprint density at radius 1 is 0.500 bits per heavy atom. The maximum atomic E-state index is 13.2. The van der Waals surface area contributed by atoms with Gasteiger partial charge < -0.3 is 19.6 Å². The first-order chi connectivity index (χ1) is 22.5. The summed E-state index contributed by atoms with van der Waals surface area (Å²) in [7, 11) is 4.02. The fraction of sp³-hybridized carbons (Fsp3) is 0.950. The van der Waals surface area contributed by atoms with E-state index in [4.69, 9.17) is 0 Å². The van der Waals surface area contributed by atoms with Crippen LogP contribution in [-0.2, 0) is 9.59 Å². The van der Waals surface area contributed by atoms with Crippen LogP contribution in [0.2, 0.25) is 0 Å². The summed E-state index contributed by atoms with van der Waals surface area (Å²) in [6, 6.07) is 0. The molecule has 270 valence electrons. The minimum Gasteiger partial charge on any atom is -0.345 e. The molecule has 2 heterocycles. The van der Waals surface area contributed by atoms with Gasteiger partial charge in [-0.2, -0.15) is 0 Å². The zero-order valence-corrected chi connectivity index (χ0v) is 31.4. The van der Waals surface area contributed by atoms with Crippen LogP contribution < -0.4 is 0 Å². The quantitative estimate of drug-likeness (QED) is 0.0835. The zero-order valence-electron chi connectivity index (χ0n) is 31.4. The second-order valence-electron chi connectivity index (χ2n) is 15.2. The van der Waals surface area contributed by atoms with Crippen LogP contribution in [0, 0.1) is 11.8 Å². The third-order valence-electron chi connectivity index (χ3n) is 10.9. The minimum atomic E-state index is 0.184. The van der Waals surface area contributed by atoms with Gasteiger partial charge in [0.2, 0.25) is 11.8 Å². The number of unbranched alkanes of at least 4 members (excludes halogenated alkanes) is 17. The topological polar surface area (TPSA) is 47.1 Å². The first-order valence-electron chi connectivity index (χ1n) is 20.4. The number of likely N-dealkylation sites (tertiary alicyclic amines) is 2. The number of amides is 2. The van der Waals surface area contributed by atoms with Gasteiger partial charge in [0.1, 0.15) is 0 Å². The molecule has 2 atom stereocenters. The molecule has 0 aliphatic carbocycles. The fourth-order valence-corrected chi connectivity index (χ4v) is 7.75. The molecule has 2 fully saturated rings. The van der Waals surface area contributed by atoms with Gasteiger partial charge in [0.15, 0.2) is 0 Å². The van der Waals surface area contributed by atoms with Gasteiger partial charge in [-0.15, -0.1) is 0 Å². The van der Waals surface area contributed by atoms with Crippen molar-refractivity contribution in [3.8, 4) is 0 Å². The van der Waals surface area contributed by atoms with Crippen LogP contribution in [0.25, 0.3) is 0 Å². The van der Waals surface area contributed by atoms with Crippen LogP contribution >= 0.6 is 0 Å². The highest BCUT2D eigenvalue weighted by atomic mass is 16.2. The molecule has 0 N–H and O–H groups in total. The molecule has 2 aliphatic rings. The van der Waals surface area contributed by atoms with E-state index in [0.717, 1.165) is 90.6 Å². The van der Waals surface area contributed by atoms with Crippen LogP contribution in [0.5, 0.6) is 0 Å². The lowest BCUT2D eigenvalue weighted by atomic mass is 9.96. The number of piperidine rings is 2. The monoisotopic (exact) mass is 647 g/mol. The van der Waals surface area contributed by atoms with Gasteiger partial charge in [-0.3, -0.25) is 9.59 Å². The predicted molar refractivity (Wildman–Crippen MR) is 197 cm³/mol. The molecule has 2 saturated heterocycles. The van der Waals surface area contributed by atoms with Crippen molar-refractivity contribution in [2.45, 2.75) is 168 Å². The average Bonchev–Trinajstić information content (AvgIpc) is 3.08. The summed E-state index contributed by atoms with van der Waals surface area (Å²) in [4.78, 5) is 35.5. The summed E-state index contributed by atoms with van der Waals surface area (Å²) in [6.45, 7) is 12.9. The number of carbonyl (C=O) groups excluding carboxylic acids is 2. The third-order valence-corrected chi connectivity index (χ3v) is 10.9. The molecule has 2 rings (SSSR count). The Morgan fingerprint density at radius 3 is 1.20 bits per heavy atom. The molecule has 6 nitrogen and oxygen atoms in total. The van der Waals surface area contributed by atoms with Crippen molar-refractivity contribution in [2.24, 2.45) is 11.8 Å². The van der Waals surface area contributed by atoms with Gasteiger partial charge in [-0.25, -0.2) is 0 Å². The maximum Gasteiger partial charge on any atom is 0.226 e. The van der Waals surface area contributed by atoms with E-state index in [2.05, 4.69) is 23.6 Å². The van der Waals surface area contributed by atoms with Crippen molar-refractivity contribution in [2.75, 3.05) is 66.5 Å². The molecular weight excluding hydrogens is 568 g/mol. The van der Waals surface area contributed by atoms with Crippen molar-refractivity contribution in [3.63, 3.8) is 0 Å². The van der Waals surface area contributed by atoms with Gasteiger partial charge in [-0.05, 0) is 77.5 Å². The first-order valence-corrected chi connectivity index (χ1v) is 20.4. The molecule has 2 aliphatic heterocycles. The number of hydrogen-bond acceptors (Lipinski definition) is 4. The van der Waals surface area contributed by atoms with E-state index in [1.807, 2.05) is 23.9 Å². The molecule has 2 amide bonds. The number of nitrogens with zero attached hydrogens (tertiary/aromatic N) is 4. The van der Waals surface area contributed by atoms with Crippen molar-refractivity contribution in [3.05, 3.63) is 0 Å². The van der Waals surface area contributed by atoms with Crippen molar-refractivity contribution in [1.29, 1.82) is 0 Å². The highest BCUT2D eigenvalue weighted by Crippen LogP contribution is 2.21. The molecule has 0 aromatic carbocycles. The standard InChI is InChI=1S/C40H78N4O2/c1-5-7-9-11-13-15-17-23-31-43-33-25-27-37(35-43)39(45)41(3)29-21-19-20-22-30-42(4)40(46)38-28-26-34-44(36-38)32-24-18-16-14-12-10-8-6-2/h37-38H,5-36H2,1-4H3. The highest BCUT2D eigenvalue weighted by Gasteiger charge is 2.28. The Morgan fingerprint density at radius 2 is 0.826 bits per heavy atom. The molecular formula is C40H78N4O2. The van der Waals surface area contributed by atoms with Crippen molar-refractivity contribution >= 4 is 11.8 Å². The van der Waals surface area contributed by atoms with E-state index in [-0.39, 0.29) is 11.8 Å². The largest absolute Gasteiger partial charge is 0.345 e. The van der Waals surface area contributed by atoms with Gasteiger partial charge in [0.25, 0.3) is 0 Å². The fourth-order valence-electron chi connectivity index (χ4n) is 7.75. The maximum absolute atomic E-state index is 13.2. The molecule has 0 radical (unpaired) electrons. The predicted octanol–water partition coefficient (Wildman–Crippen LogP) is 9.17. The molecule has 0 spiro atoms. The molecule has 46 heavy (non-hydrogen) atoms. The Hall–Kier alpha value is -1.14. The summed E-state index contributed by atoms with van der Waals surface area (Å²) in [5, 5.41) is 0. The normalized spacial score (nSPS) is 19.4. The summed E-state index contributed by atoms with van der Waals surface area (Å²) < 4.78 is 0. The highest BCUT2D eigenvalue weighted by molar-refractivity contribution is 5.79. The van der Waals surface area contributed by atoms with E-state index >= 15 is 0 Å². The molecule has 2 unspecified atom stereocenters. The van der Waals surface area contributed by atoms with Gasteiger partial charge in [-0.1, -0.05) is 117 Å². The summed E-state index contributed by atoms with van der Waals surface area (Å²) in [5.74, 6) is 1.08. The zero-order chi connectivity index (χ0) is 33.2. The number of hydrogen-bond donors (Lipinski definition) is 0. The Bertz CT molecular complexity index is 700. The van der Waals surface area contributed by atoms with Crippen LogP contribution in [0.4, 0.5) is 0 Å². The van der Waals surface area contributed by atoms with Crippen molar-refractivity contribution < 1.29 is 9.59 Å². The second-order valence-corrected chi connectivity index (χ2v) is 15.2. The van der Waals surface area contributed by atoms with Crippen LogP contribution in [0.3, 0.4) is 0 Å². The van der Waals surface area contributed by atoms with Crippen LogP contribution in [0.1, 0.15) is 168 Å². The minimum absolute atomic E-state index is 0.184. The van der Waals surface area contributed by atoms with E-state index in [0.29, 0.717) is 11.8 Å². The van der Waals surface area contributed by atoms with Gasteiger partial charge in [0, 0.05) is 40.3 Å². The first kappa shape index (κ1) is 41.0. The lowest BCUT2D eigenvalue weighted by Crippen LogP contribution is -2.44. The van der Waals surface area contributed by atoms with E-state index in [9.17, 15) is 9.59 Å². The molecule has 0 bridgehead atoms. The Balaban J connectivity index is 1.50. The molecule has 0 aromatic heterocycles. The van der Waals surface area contributed by atoms with Gasteiger partial charge in [0.05, 0.1) is 11.8 Å². The van der Waals surface area contributed by atoms with Crippen LogP contribution in [0.15, 0.2) is 0 Å². The summed E-state index contributed by atoms with van der Waals surface area (Å²) >= 11 is 0. The van der Waals surface area contributed by atoms with Crippen LogP contribution in [-0.4, -0.2) is 97.9 Å². The lowest BCUT2D eigenvalue weighted by molar-refractivity contribution is -0.137. The SMILES string of the molecule is CCCCCCCCCCN1CCCC(C(=O)N(C)CCCCCCN(C)C(=O)C2CCCN(CCCCCCCCCC)C2)C1. The molecule has 0 saturated carbocycles. The Labute approximate surface area is 286 Å². The number of rotatable bonds is 27. The third kappa shape index (κ3) is 18.4. The van der Waals surface area contributed by atoms with E-state index in [1.54, 1.807) is 0 Å². The van der Waals surface area contributed by atoms with E-state index < -0.39 is 0 Å². The summed E-state index contributed by atoms with van der Waals surface area (Å²) in [5.41, 5.74) is 0. The molecule has 6 heteroatoms. The smallest absolute Gasteiger partial charge is 0.226 e. The van der Waals surface area contributed by atoms with Gasteiger partial charge >= 0.3 is 0 Å². The summed E-state index contributed by atoms with van der Waals surface area (Å²) in [6.07, 6.45) is 30.6.